The molecular formula is C20H18N2O5. The monoisotopic (exact) mass is 366 g/mol. The molecule has 0 saturated carbocycles. The average molecular weight is 366 g/mol. The van der Waals surface area contributed by atoms with Crippen molar-refractivity contribution in [3.05, 3.63) is 59.7 Å². The molecule has 0 saturated heterocycles. The highest BCUT2D eigenvalue weighted by Gasteiger charge is 2.29. The van der Waals surface area contributed by atoms with E-state index in [9.17, 15) is 14.4 Å². The molecule has 0 fully saturated rings. The maximum Gasteiger partial charge on any atom is 0.308 e. The average Bonchev–Trinajstić information content (AvgIpc) is 2.61. The summed E-state index contributed by atoms with van der Waals surface area (Å²) in [6, 6.07) is 13.8. The summed E-state index contributed by atoms with van der Waals surface area (Å²) in [6.45, 7) is 2.63. The third-order valence-electron chi connectivity index (χ3n) is 3.71. The summed E-state index contributed by atoms with van der Waals surface area (Å²) < 4.78 is 10.8. The van der Waals surface area contributed by atoms with Crippen molar-refractivity contribution in [1.82, 2.24) is 5.32 Å². The Morgan fingerprint density at radius 2 is 1.78 bits per heavy atom. The largest absolute Gasteiger partial charge is 0.465 e. The number of fused-ring (bicyclic) bond motifs is 1. The zero-order chi connectivity index (χ0) is 19.4. The third-order valence-corrected chi connectivity index (χ3v) is 3.71. The summed E-state index contributed by atoms with van der Waals surface area (Å²) in [5.41, 5.74) is 1.51. The first-order valence-corrected chi connectivity index (χ1v) is 8.26. The second-order valence-electron chi connectivity index (χ2n) is 5.91. The summed E-state index contributed by atoms with van der Waals surface area (Å²) in [5.74, 6) is -0.493. The van der Waals surface area contributed by atoms with Crippen molar-refractivity contribution < 1.29 is 23.9 Å². The number of carbonyl (C=O) groups is 3. The van der Waals surface area contributed by atoms with Crippen LogP contribution in [0.5, 0.6) is 11.5 Å². The fraction of sp³-hybridized carbons (Fsp3) is 0.150. The van der Waals surface area contributed by atoms with Crippen LogP contribution in [0.25, 0.3) is 6.08 Å². The molecule has 2 N–H and O–H groups in total. The molecule has 27 heavy (non-hydrogen) atoms. The summed E-state index contributed by atoms with van der Waals surface area (Å²) in [4.78, 5) is 35.4. The van der Waals surface area contributed by atoms with Crippen LogP contribution in [-0.4, -0.2) is 24.0 Å². The van der Waals surface area contributed by atoms with Gasteiger partial charge in [0.15, 0.2) is 0 Å². The number of carbonyl (C=O) groups excluding carboxylic acids is 3. The molecule has 0 aromatic heterocycles. The molecule has 1 unspecified atom stereocenters. The highest BCUT2D eigenvalue weighted by Crippen LogP contribution is 2.33. The molecular weight excluding hydrogens is 348 g/mol. The molecule has 3 rings (SSSR count). The lowest BCUT2D eigenvalue weighted by Gasteiger charge is -2.27. The van der Waals surface area contributed by atoms with Crippen LogP contribution in [0.2, 0.25) is 0 Å². The molecule has 0 spiro atoms. The highest BCUT2D eigenvalue weighted by molar-refractivity contribution is 6.08. The van der Waals surface area contributed by atoms with E-state index in [-0.39, 0.29) is 11.5 Å². The van der Waals surface area contributed by atoms with Crippen molar-refractivity contribution in [3.63, 3.8) is 0 Å². The Labute approximate surface area is 156 Å². The first-order chi connectivity index (χ1) is 12.9. The lowest BCUT2D eigenvalue weighted by molar-refractivity contribution is -0.132. The Balaban J connectivity index is 1.91. The Morgan fingerprint density at radius 3 is 2.44 bits per heavy atom. The fourth-order valence-electron chi connectivity index (χ4n) is 2.60. The number of amides is 2. The normalized spacial score (nSPS) is 14.9. The molecule has 1 heterocycles. The van der Waals surface area contributed by atoms with Crippen molar-refractivity contribution in [2.24, 2.45) is 0 Å². The maximum atomic E-state index is 12.7. The highest BCUT2D eigenvalue weighted by atomic mass is 16.5. The van der Waals surface area contributed by atoms with E-state index in [4.69, 9.17) is 9.47 Å². The smallest absolute Gasteiger partial charge is 0.308 e. The quantitative estimate of drug-likeness (QED) is 0.640. The number of hydrogen-bond acceptors (Lipinski definition) is 5. The molecule has 0 radical (unpaired) electrons. The van der Waals surface area contributed by atoms with Crippen molar-refractivity contribution in [3.8, 4) is 11.5 Å². The lowest BCUT2D eigenvalue weighted by Crippen LogP contribution is -2.43. The molecule has 2 amide bonds. The van der Waals surface area contributed by atoms with Gasteiger partial charge in [-0.3, -0.25) is 14.4 Å². The van der Waals surface area contributed by atoms with E-state index in [0.717, 1.165) is 0 Å². The van der Waals surface area contributed by atoms with Crippen molar-refractivity contribution in [1.29, 1.82) is 0 Å². The van der Waals surface area contributed by atoms with E-state index in [1.165, 1.54) is 19.9 Å². The predicted molar refractivity (Wildman–Crippen MR) is 99.0 cm³/mol. The summed E-state index contributed by atoms with van der Waals surface area (Å²) in [6.07, 6.45) is 0.668. The number of rotatable bonds is 4. The molecule has 2 aromatic carbocycles. The van der Waals surface area contributed by atoms with Gasteiger partial charge in [-0.05, 0) is 30.3 Å². The third kappa shape index (κ3) is 4.52. The number of benzene rings is 2. The van der Waals surface area contributed by atoms with Gasteiger partial charge in [-0.2, -0.15) is 0 Å². The number of nitrogens with one attached hydrogen (secondary N) is 2. The van der Waals surface area contributed by atoms with Gasteiger partial charge >= 0.3 is 5.97 Å². The minimum absolute atomic E-state index is 0.252. The molecule has 1 aliphatic heterocycles. The van der Waals surface area contributed by atoms with Crippen LogP contribution in [0.4, 0.5) is 5.69 Å². The van der Waals surface area contributed by atoms with E-state index in [2.05, 4.69) is 10.6 Å². The van der Waals surface area contributed by atoms with Gasteiger partial charge in [0.05, 0.1) is 5.57 Å². The van der Waals surface area contributed by atoms with E-state index >= 15 is 0 Å². The molecule has 1 atom stereocenters. The number of para-hydroxylation sites is 1. The summed E-state index contributed by atoms with van der Waals surface area (Å²) in [7, 11) is 0. The Morgan fingerprint density at radius 1 is 1.04 bits per heavy atom. The number of hydrogen-bond donors (Lipinski definition) is 2. The summed E-state index contributed by atoms with van der Waals surface area (Å²) in [5, 5.41) is 5.38. The topological polar surface area (TPSA) is 93.7 Å². The first kappa shape index (κ1) is 18.2. The van der Waals surface area contributed by atoms with Crippen LogP contribution < -0.4 is 20.1 Å². The van der Waals surface area contributed by atoms with Crippen molar-refractivity contribution in [2.45, 2.75) is 20.1 Å². The number of esters is 1. The van der Waals surface area contributed by atoms with Gasteiger partial charge in [0.25, 0.3) is 5.91 Å². The van der Waals surface area contributed by atoms with Gasteiger partial charge < -0.3 is 20.1 Å². The van der Waals surface area contributed by atoms with Gasteiger partial charge in [-0.25, -0.2) is 0 Å². The van der Waals surface area contributed by atoms with E-state index in [1.807, 2.05) is 6.07 Å². The van der Waals surface area contributed by atoms with Crippen LogP contribution in [0.15, 0.2) is 54.1 Å². The number of ether oxygens (including phenoxy) is 2. The van der Waals surface area contributed by atoms with Crippen molar-refractivity contribution >= 4 is 29.5 Å². The van der Waals surface area contributed by atoms with Gasteiger partial charge in [-0.15, -0.1) is 0 Å². The Bertz CT molecular complexity index is 921. The molecule has 7 nitrogen and oxygen atoms in total. The minimum atomic E-state index is -0.966. The van der Waals surface area contributed by atoms with E-state index in [1.54, 1.807) is 42.5 Å². The molecule has 138 valence electrons. The van der Waals surface area contributed by atoms with Gasteiger partial charge in [0.2, 0.25) is 12.1 Å². The van der Waals surface area contributed by atoms with Crippen molar-refractivity contribution in [2.75, 3.05) is 5.32 Å². The van der Waals surface area contributed by atoms with Crippen LogP contribution in [0.3, 0.4) is 0 Å². The molecule has 7 heteroatoms. The second kappa shape index (κ2) is 7.74. The molecule has 2 aromatic rings. The zero-order valence-corrected chi connectivity index (χ0v) is 14.8. The number of anilines is 1. The van der Waals surface area contributed by atoms with Gasteiger partial charge in [0.1, 0.15) is 11.5 Å². The Kier molecular flexibility index (Phi) is 5.21. The van der Waals surface area contributed by atoms with Crippen LogP contribution in [-0.2, 0) is 14.4 Å². The SMILES string of the molecule is CC(=O)NC1Oc2cc(OC(C)=O)ccc2C=C1C(=O)Nc1ccccc1. The second-order valence-corrected chi connectivity index (χ2v) is 5.91. The molecule has 0 aliphatic carbocycles. The predicted octanol–water partition coefficient (Wildman–Crippen LogP) is 2.49. The first-order valence-electron chi connectivity index (χ1n) is 8.26. The van der Waals surface area contributed by atoms with E-state index < -0.39 is 18.1 Å². The molecule has 1 aliphatic rings. The minimum Gasteiger partial charge on any atom is -0.465 e. The Hall–Kier alpha value is -3.61. The van der Waals surface area contributed by atoms with Gasteiger partial charge in [0, 0.05) is 31.2 Å². The van der Waals surface area contributed by atoms with Crippen LogP contribution >= 0.6 is 0 Å². The standard InChI is InChI=1S/C20H18N2O5/c1-12(23)21-20-17(19(25)22-15-6-4-3-5-7-15)10-14-8-9-16(26-13(2)24)11-18(14)27-20/h3-11,20H,1-2H3,(H,21,23)(H,22,25). The maximum absolute atomic E-state index is 12.7. The fourth-order valence-corrected chi connectivity index (χ4v) is 2.60. The van der Waals surface area contributed by atoms with Crippen LogP contribution in [0, 0.1) is 0 Å². The zero-order valence-electron chi connectivity index (χ0n) is 14.8. The summed E-state index contributed by atoms with van der Waals surface area (Å²) >= 11 is 0. The van der Waals surface area contributed by atoms with Gasteiger partial charge in [-0.1, -0.05) is 18.2 Å². The lowest BCUT2D eigenvalue weighted by atomic mass is 10.0. The van der Waals surface area contributed by atoms with E-state index in [0.29, 0.717) is 22.7 Å². The van der Waals surface area contributed by atoms with Crippen LogP contribution in [0.1, 0.15) is 19.4 Å². The molecule has 0 bridgehead atoms.